The zero-order valence-electron chi connectivity index (χ0n) is 13.3. The van der Waals surface area contributed by atoms with E-state index in [1.165, 1.54) is 7.11 Å². The lowest BCUT2D eigenvalue weighted by Gasteiger charge is -2.37. The van der Waals surface area contributed by atoms with Gasteiger partial charge in [0.15, 0.2) is 5.82 Å². The predicted octanol–water partition coefficient (Wildman–Crippen LogP) is 1.97. The first-order valence-corrected chi connectivity index (χ1v) is 7.97. The van der Waals surface area contributed by atoms with Gasteiger partial charge in [0.05, 0.1) is 18.6 Å². The van der Waals surface area contributed by atoms with Crippen molar-refractivity contribution in [2.24, 2.45) is 0 Å². The summed E-state index contributed by atoms with van der Waals surface area (Å²) in [5.41, 5.74) is 0.972. The predicted molar refractivity (Wildman–Crippen MR) is 82.7 cm³/mol. The van der Waals surface area contributed by atoms with Crippen LogP contribution in [0.25, 0.3) is 0 Å². The van der Waals surface area contributed by atoms with E-state index in [0.717, 1.165) is 18.7 Å². The molecule has 1 aliphatic carbocycles. The highest BCUT2D eigenvalue weighted by Gasteiger charge is 2.37. The molecule has 1 aliphatic heterocycles. The summed E-state index contributed by atoms with van der Waals surface area (Å²) in [7, 11) is 1.33. The summed E-state index contributed by atoms with van der Waals surface area (Å²) in [6, 6.07) is 6.46. The lowest BCUT2D eigenvalue weighted by atomic mass is 9.98. The van der Waals surface area contributed by atoms with Gasteiger partial charge in [-0.1, -0.05) is 5.16 Å². The van der Waals surface area contributed by atoms with Crippen molar-refractivity contribution >= 4 is 11.9 Å². The van der Waals surface area contributed by atoms with Gasteiger partial charge in [-0.25, -0.2) is 4.79 Å². The molecule has 1 saturated heterocycles. The highest BCUT2D eigenvalue weighted by atomic mass is 16.5. The van der Waals surface area contributed by atoms with Crippen molar-refractivity contribution in [1.29, 1.82) is 0 Å². The number of hydrogen-bond donors (Lipinski definition) is 0. The van der Waals surface area contributed by atoms with Crippen LogP contribution in [-0.4, -0.2) is 47.1 Å². The number of ether oxygens (including phenoxy) is 1. The second-order valence-corrected chi connectivity index (χ2v) is 6.24. The summed E-state index contributed by atoms with van der Waals surface area (Å²) in [6.45, 7) is 1.15. The van der Waals surface area contributed by atoms with E-state index in [9.17, 15) is 9.59 Å². The first-order valence-electron chi connectivity index (χ1n) is 7.97. The number of rotatable bonds is 4. The number of hydrogen-bond acceptors (Lipinski definition) is 6. The molecule has 4 rings (SSSR count). The Balaban J connectivity index is 1.37. The van der Waals surface area contributed by atoms with E-state index in [0.29, 0.717) is 36.0 Å². The average molecular weight is 327 g/mol. The van der Waals surface area contributed by atoms with Crippen molar-refractivity contribution in [3.8, 4) is 0 Å². The van der Waals surface area contributed by atoms with E-state index in [4.69, 9.17) is 4.52 Å². The Morgan fingerprint density at radius 1 is 1.12 bits per heavy atom. The van der Waals surface area contributed by atoms with Gasteiger partial charge in [0.1, 0.15) is 0 Å². The normalized spacial score (nSPS) is 17.5. The van der Waals surface area contributed by atoms with Crippen LogP contribution >= 0.6 is 0 Å². The number of benzene rings is 1. The van der Waals surface area contributed by atoms with Crippen LogP contribution < -0.4 is 0 Å². The van der Waals surface area contributed by atoms with E-state index in [2.05, 4.69) is 14.9 Å². The molecule has 124 valence electrons. The molecule has 7 nitrogen and oxygen atoms in total. The second kappa shape index (κ2) is 5.74. The Labute approximate surface area is 138 Å². The third-order valence-corrected chi connectivity index (χ3v) is 4.47. The Kier molecular flexibility index (Phi) is 3.55. The fourth-order valence-electron chi connectivity index (χ4n) is 2.77. The third-order valence-electron chi connectivity index (χ3n) is 4.47. The first kappa shape index (κ1) is 14.9. The number of carbonyl (C=O) groups is 2. The molecular weight excluding hydrogens is 310 g/mol. The number of esters is 1. The molecule has 1 aromatic carbocycles. The first-order chi connectivity index (χ1) is 11.7. The number of aromatic nitrogens is 2. The summed E-state index contributed by atoms with van der Waals surface area (Å²) >= 11 is 0. The van der Waals surface area contributed by atoms with Gasteiger partial charge in [0, 0.05) is 24.6 Å². The average Bonchev–Trinajstić information content (AvgIpc) is 3.32. The molecule has 0 atom stereocenters. The molecule has 0 unspecified atom stereocenters. The van der Waals surface area contributed by atoms with Crippen molar-refractivity contribution in [3.63, 3.8) is 0 Å². The number of likely N-dealkylation sites (tertiary alicyclic amines) is 1. The van der Waals surface area contributed by atoms with Gasteiger partial charge in [-0.05, 0) is 37.1 Å². The third kappa shape index (κ3) is 2.66. The van der Waals surface area contributed by atoms with Gasteiger partial charge in [0.2, 0.25) is 5.89 Å². The van der Waals surface area contributed by atoms with Crippen LogP contribution in [0.5, 0.6) is 0 Å². The maximum absolute atomic E-state index is 12.4. The van der Waals surface area contributed by atoms with Crippen LogP contribution in [0, 0.1) is 0 Å². The summed E-state index contributed by atoms with van der Waals surface area (Å²) in [5, 5.41) is 4.01. The van der Waals surface area contributed by atoms with Crippen LogP contribution in [0.4, 0.5) is 0 Å². The topological polar surface area (TPSA) is 85.5 Å². The monoisotopic (exact) mass is 327 g/mol. The second-order valence-electron chi connectivity index (χ2n) is 6.24. The number of amides is 1. The van der Waals surface area contributed by atoms with Gasteiger partial charge in [-0.2, -0.15) is 4.98 Å². The summed E-state index contributed by atoms with van der Waals surface area (Å²) in [5.74, 6) is 1.53. The smallest absolute Gasteiger partial charge is 0.337 e. The Morgan fingerprint density at radius 3 is 2.42 bits per heavy atom. The number of carbonyl (C=O) groups excluding carboxylic acids is 2. The molecule has 2 aliphatic rings. The van der Waals surface area contributed by atoms with Crippen LogP contribution in [0.1, 0.15) is 57.1 Å². The molecule has 0 spiro atoms. The molecule has 0 N–H and O–H groups in total. The molecule has 1 saturated carbocycles. The van der Waals surface area contributed by atoms with Crippen LogP contribution in [-0.2, 0) is 4.74 Å². The van der Waals surface area contributed by atoms with Crippen molar-refractivity contribution in [1.82, 2.24) is 15.0 Å². The zero-order valence-corrected chi connectivity index (χ0v) is 13.3. The molecule has 7 heteroatoms. The van der Waals surface area contributed by atoms with Crippen LogP contribution in [0.15, 0.2) is 28.8 Å². The highest BCUT2D eigenvalue weighted by molar-refractivity contribution is 5.96. The van der Waals surface area contributed by atoms with Crippen molar-refractivity contribution in [3.05, 3.63) is 47.1 Å². The lowest BCUT2D eigenvalue weighted by Crippen LogP contribution is -2.48. The van der Waals surface area contributed by atoms with Gasteiger partial charge < -0.3 is 14.2 Å². The SMILES string of the molecule is COC(=O)c1ccc(C(=O)N2CC(c3nc(C4CC4)no3)C2)cc1. The molecule has 2 fully saturated rings. The van der Waals surface area contributed by atoms with Crippen LogP contribution in [0.2, 0.25) is 0 Å². The van der Waals surface area contributed by atoms with Crippen LogP contribution in [0.3, 0.4) is 0 Å². The fourth-order valence-corrected chi connectivity index (χ4v) is 2.77. The molecule has 2 heterocycles. The van der Waals surface area contributed by atoms with E-state index in [1.807, 2.05) is 0 Å². The minimum atomic E-state index is -0.416. The molecule has 0 radical (unpaired) electrons. The molecule has 2 aromatic rings. The van der Waals surface area contributed by atoms with E-state index in [1.54, 1.807) is 29.2 Å². The Bertz CT molecular complexity index is 773. The Morgan fingerprint density at radius 2 is 1.79 bits per heavy atom. The number of nitrogens with zero attached hydrogens (tertiary/aromatic N) is 3. The molecule has 24 heavy (non-hydrogen) atoms. The maximum atomic E-state index is 12.4. The summed E-state index contributed by atoms with van der Waals surface area (Å²) in [4.78, 5) is 30.0. The largest absolute Gasteiger partial charge is 0.465 e. The van der Waals surface area contributed by atoms with Crippen molar-refractivity contribution in [2.75, 3.05) is 20.2 Å². The maximum Gasteiger partial charge on any atom is 0.337 e. The summed E-state index contributed by atoms with van der Waals surface area (Å²) in [6.07, 6.45) is 2.27. The Hall–Kier alpha value is -2.70. The van der Waals surface area contributed by atoms with E-state index < -0.39 is 5.97 Å². The molecular formula is C17H17N3O4. The molecule has 1 aromatic heterocycles. The molecule has 1 amide bonds. The van der Waals surface area contributed by atoms with Gasteiger partial charge in [-0.15, -0.1) is 0 Å². The fraction of sp³-hybridized carbons (Fsp3) is 0.412. The highest BCUT2D eigenvalue weighted by Crippen LogP contribution is 2.39. The number of methoxy groups -OCH3 is 1. The van der Waals surface area contributed by atoms with Crippen molar-refractivity contribution in [2.45, 2.75) is 24.7 Å². The summed E-state index contributed by atoms with van der Waals surface area (Å²) < 4.78 is 9.95. The van der Waals surface area contributed by atoms with E-state index >= 15 is 0 Å². The van der Waals surface area contributed by atoms with Gasteiger partial charge in [0.25, 0.3) is 5.91 Å². The zero-order chi connectivity index (χ0) is 16.7. The minimum Gasteiger partial charge on any atom is -0.465 e. The van der Waals surface area contributed by atoms with E-state index in [-0.39, 0.29) is 11.8 Å². The minimum absolute atomic E-state index is 0.0652. The molecule has 0 bridgehead atoms. The van der Waals surface area contributed by atoms with Crippen molar-refractivity contribution < 1.29 is 18.8 Å². The van der Waals surface area contributed by atoms with Gasteiger partial charge >= 0.3 is 5.97 Å². The van der Waals surface area contributed by atoms with Gasteiger partial charge in [-0.3, -0.25) is 4.79 Å². The quantitative estimate of drug-likeness (QED) is 0.798. The lowest BCUT2D eigenvalue weighted by molar-refractivity contribution is 0.0564. The standard InChI is InChI=1S/C17H17N3O4/c1-23-17(22)12-6-4-11(5-7-12)16(21)20-8-13(9-20)15-18-14(19-24-15)10-2-3-10/h4-7,10,13H,2-3,8-9H2,1H3.